The Kier molecular flexibility index (Phi) is 5.28. The van der Waals surface area contributed by atoms with E-state index >= 15 is 0 Å². The van der Waals surface area contributed by atoms with Crippen molar-refractivity contribution in [3.63, 3.8) is 0 Å². The Balaban J connectivity index is 2.50. The number of hydrogen-bond acceptors (Lipinski definition) is 3. The van der Waals surface area contributed by atoms with E-state index in [1.807, 2.05) is 0 Å². The van der Waals surface area contributed by atoms with E-state index in [1.165, 1.54) is 12.1 Å². The summed E-state index contributed by atoms with van der Waals surface area (Å²) in [5, 5.41) is 12.9. The van der Waals surface area contributed by atoms with Gasteiger partial charge in [0, 0.05) is 34.3 Å². The topological polar surface area (TPSA) is 58.3 Å². The van der Waals surface area contributed by atoms with Gasteiger partial charge < -0.3 is 16.2 Å². The predicted molar refractivity (Wildman–Crippen MR) is 86.5 cm³/mol. The van der Waals surface area contributed by atoms with Crippen LogP contribution in [0.4, 0.5) is 15.8 Å². The van der Waals surface area contributed by atoms with Crippen LogP contribution in [0.3, 0.4) is 0 Å². The number of anilines is 2. The third kappa shape index (κ3) is 3.79. The third-order valence-electron chi connectivity index (χ3n) is 2.99. The number of halogens is 3. The maximum atomic E-state index is 13.7. The van der Waals surface area contributed by atoms with Gasteiger partial charge in [0.15, 0.2) is 0 Å². The molecule has 0 heterocycles. The maximum Gasteiger partial charge on any atom is 0.126 e. The van der Waals surface area contributed by atoms with Gasteiger partial charge in [0.2, 0.25) is 0 Å². The number of aliphatic hydroxyl groups is 1. The third-order valence-corrected chi connectivity index (χ3v) is 3.54. The van der Waals surface area contributed by atoms with Gasteiger partial charge in [-0.3, -0.25) is 0 Å². The molecule has 6 heteroatoms. The standard InChI is InChI=1S/C15H15Cl2FN2O/c16-9-2-3-11(13(17)6-9)12-7-10(18)8-14(19)15(12)20-4-1-5-21/h2-3,6-8,20-21H,1,4-5,19H2. The van der Waals surface area contributed by atoms with Crippen molar-refractivity contribution in [1.82, 2.24) is 0 Å². The first-order valence-electron chi connectivity index (χ1n) is 6.42. The molecular weight excluding hydrogens is 314 g/mol. The molecule has 0 saturated heterocycles. The minimum absolute atomic E-state index is 0.0606. The summed E-state index contributed by atoms with van der Waals surface area (Å²) in [7, 11) is 0. The van der Waals surface area contributed by atoms with Gasteiger partial charge in [0.05, 0.1) is 11.4 Å². The summed E-state index contributed by atoms with van der Waals surface area (Å²) >= 11 is 12.1. The van der Waals surface area contributed by atoms with Crippen LogP contribution < -0.4 is 11.1 Å². The zero-order valence-electron chi connectivity index (χ0n) is 11.2. The molecule has 21 heavy (non-hydrogen) atoms. The second-order valence-corrected chi connectivity index (χ2v) is 5.39. The van der Waals surface area contributed by atoms with Crippen LogP contribution in [0.1, 0.15) is 6.42 Å². The van der Waals surface area contributed by atoms with E-state index in [9.17, 15) is 4.39 Å². The van der Waals surface area contributed by atoms with Crippen molar-refractivity contribution in [2.24, 2.45) is 0 Å². The van der Waals surface area contributed by atoms with Gasteiger partial charge in [0.25, 0.3) is 0 Å². The van der Waals surface area contributed by atoms with Crippen LogP contribution >= 0.6 is 23.2 Å². The van der Waals surface area contributed by atoms with E-state index in [2.05, 4.69) is 5.32 Å². The van der Waals surface area contributed by atoms with Gasteiger partial charge in [0.1, 0.15) is 5.82 Å². The Morgan fingerprint density at radius 1 is 1.14 bits per heavy atom. The molecule has 0 aliphatic heterocycles. The number of nitrogen functional groups attached to an aromatic ring is 1. The van der Waals surface area contributed by atoms with Crippen molar-refractivity contribution in [2.75, 3.05) is 24.2 Å². The molecule has 0 aliphatic rings. The van der Waals surface area contributed by atoms with E-state index in [4.69, 9.17) is 34.0 Å². The first-order chi connectivity index (χ1) is 10.0. The minimum Gasteiger partial charge on any atom is -0.397 e. The Morgan fingerprint density at radius 3 is 2.57 bits per heavy atom. The van der Waals surface area contributed by atoms with Crippen LogP contribution in [-0.4, -0.2) is 18.3 Å². The van der Waals surface area contributed by atoms with E-state index in [1.54, 1.807) is 18.2 Å². The highest BCUT2D eigenvalue weighted by Crippen LogP contribution is 2.38. The molecule has 2 aromatic rings. The molecule has 0 spiro atoms. The molecule has 0 bridgehead atoms. The number of hydrogen-bond donors (Lipinski definition) is 3. The second kappa shape index (κ2) is 6.98. The van der Waals surface area contributed by atoms with Crippen LogP contribution in [0.25, 0.3) is 11.1 Å². The zero-order chi connectivity index (χ0) is 15.4. The molecular formula is C15H15Cl2FN2O. The highest BCUT2D eigenvalue weighted by atomic mass is 35.5. The molecule has 3 nitrogen and oxygen atoms in total. The summed E-state index contributed by atoms with van der Waals surface area (Å²) in [5.41, 5.74) is 7.97. The summed E-state index contributed by atoms with van der Waals surface area (Å²) in [6, 6.07) is 7.61. The zero-order valence-corrected chi connectivity index (χ0v) is 12.7. The van der Waals surface area contributed by atoms with Crippen molar-refractivity contribution in [1.29, 1.82) is 0 Å². The summed E-state index contributed by atoms with van der Waals surface area (Å²) < 4.78 is 13.7. The van der Waals surface area contributed by atoms with Crippen LogP contribution in [0.2, 0.25) is 10.0 Å². The first kappa shape index (κ1) is 15.9. The number of benzene rings is 2. The van der Waals surface area contributed by atoms with Gasteiger partial charge in [-0.1, -0.05) is 29.3 Å². The monoisotopic (exact) mass is 328 g/mol. The van der Waals surface area contributed by atoms with Gasteiger partial charge in [-0.15, -0.1) is 0 Å². The van der Waals surface area contributed by atoms with E-state index in [0.717, 1.165) is 0 Å². The summed E-state index contributed by atoms with van der Waals surface area (Å²) in [6.07, 6.45) is 0.560. The van der Waals surface area contributed by atoms with Crippen molar-refractivity contribution >= 4 is 34.6 Å². The van der Waals surface area contributed by atoms with E-state index in [0.29, 0.717) is 39.8 Å². The summed E-state index contributed by atoms with van der Waals surface area (Å²) in [6.45, 7) is 0.579. The van der Waals surface area contributed by atoms with Crippen molar-refractivity contribution < 1.29 is 9.50 Å². The van der Waals surface area contributed by atoms with Gasteiger partial charge >= 0.3 is 0 Å². The first-order valence-corrected chi connectivity index (χ1v) is 7.17. The lowest BCUT2D eigenvalue weighted by Gasteiger charge is -2.16. The SMILES string of the molecule is Nc1cc(F)cc(-c2ccc(Cl)cc2Cl)c1NCCCO. The Hall–Kier alpha value is -1.49. The molecule has 2 aromatic carbocycles. The number of nitrogens with two attached hydrogens (primary N) is 1. The minimum atomic E-state index is -0.443. The lowest BCUT2D eigenvalue weighted by molar-refractivity contribution is 0.292. The number of nitrogens with one attached hydrogen (secondary N) is 1. The van der Waals surface area contributed by atoms with Crippen LogP contribution in [0.5, 0.6) is 0 Å². The second-order valence-electron chi connectivity index (χ2n) is 4.55. The highest BCUT2D eigenvalue weighted by molar-refractivity contribution is 6.36. The van der Waals surface area contributed by atoms with Crippen molar-refractivity contribution in [3.8, 4) is 11.1 Å². The van der Waals surface area contributed by atoms with Gasteiger partial charge in [-0.05, 0) is 30.7 Å². The number of rotatable bonds is 5. The van der Waals surface area contributed by atoms with E-state index < -0.39 is 5.82 Å². The molecule has 0 aliphatic carbocycles. The van der Waals surface area contributed by atoms with Gasteiger partial charge in [-0.2, -0.15) is 0 Å². The molecule has 112 valence electrons. The molecule has 4 N–H and O–H groups in total. The quantitative estimate of drug-likeness (QED) is 0.570. The molecule has 0 radical (unpaired) electrons. The van der Waals surface area contributed by atoms with Crippen LogP contribution in [0.15, 0.2) is 30.3 Å². The Morgan fingerprint density at radius 2 is 1.90 bits per heavy atom. The Labute approximate surface area is 132 Å². The van der Waals surface area contributed by atoms with Crippen molar-refractivity contribution in [3.05, 3.63) is 46.2 Å². The molecule has 0 amide bonds. The molecule has 0 atom stereocenters. The molecule has 0 aromatic heterocycles. The number of aliphatic hydroxyl groups excluding tert-OH is 1. The summed E-state index contributed by atoms with van der Waals surface area (Å²) in [5.74, 6) is -0.443. The van der Waals surface area contributed by atoms with E-state index in [-0.39, 0.29) is 12.3 Å². The fourth-order valence-corrected chi connectivity index (χ4v) is 2.55. The molecule has 0 fully saturated rings. The molecule has 0 saturated carbocycles. The largest absolute Gasteiger partial charge is 0.397 e. The van der Waals surface area contributed by atoms with Crippen LogP contribution in [0, 0.1) is 5.82 Å². The molecule has 2 rings (SSSR count). The average Bonchev–Trinajstić information content (AvgIpc) is 2.41. The lowest BCUT2D eigenvalue weighted by Crippen LogP contribution is -2.07. The fourth-order valence-electron chi connectivity index (χ4n) is 2.04. The smallest absolute Gasteiger partial charge is 0.126 e. The summed E-state index contributed by atoms with van der Waals surface area (Å²) in [4.78, 5) is 0. The maximum absolute atomic E-state index is 13.7. The van der Waals surface area contributed by atoms with Crippen molar-refractivity contribution in [2.45, 2.75) is 6.42 Å². The normalized spacial score (nSPS) is 10.7. The van der Waals surface area contributed by atoms with Crippen LogP contribution in [-0.2, 0) is 0 Å². The predicted octanol–water partition coefficient (Wildman–Crippen LogP) is 4.18. The highest BCUT2D eigenvalue weighted by Gasteiger charge is 2.13. The van der Waals surface area contributed by atoms with Gasteiger partial charge in [-0.25, -0.2) is 4.39 Å². The molecule has 0 unspecified atom stereocenters. The lowest BCUT2D eigenvalue weighted by atomic mass is 10.0. The fraction of sp³-hybridized carbons (Fsp3) is 0.200. The Bertz CT molecular complexity index is 650. The average molecular weight is 329 g/mol.